The van der Waals surface area contributed by atoms with Crippen molar-refractivity contribution in [1.82, 2.24) is 25.7 Å². The van der Waals surface area contributed by atoms with Crippen LogP contribution in [-0.4, -0.2) is 60.2 Å². The van der Waals surface area contributed by atoms with E-state index in [1.54, 1.807) is 6.07 Å². The van der Waals surface area contributed by atoms with Gasteiger partial charge in [0, 0.05) is 31.2 Å². The van der Waals surface area contributed by atoms with Crippen LogP contribution >= 0.6 is 0 Å². The molecule has 0 bridgehead atoms. The van der Waals surface area contributed by atoms with E-state index in [1.165, 1.54) is 14.2 Å². The highest BCUT2D eigenvalue weighted by Gasteiger charge is 2.34. The van der Waals surface area contributed by atoms with Gasteiger partial charge in [-0.25, -0.2) is 0 Å². The second-order valence-electron chi connectivity index (χ2n) is 7.39. The Kier molecular flexibility index (Phi) is 5.93. The topological polar surface area (TPSA) is 88.6 Å². The normalized spacial score (nSPS) is 24.1. The maximum absolute atomic E-state index is 12.8. The maximum atomic E-state index is 12.8. The molecule has 1 aromatic heterocycles. The van der Waals surface area contributed by atoms with Crippen LogP contribution in [0.5, 0.6) is 11.9 Å². The average molecular weight is 363 g/mol. The van der Waals surface area contributed by atoms with E-state index in [-0.39, 0.29) is 11.9 Å². The van der Waals surface area contributed by atoms with Crippen LogP contribution in [0.2, 0.25) is 0 Å². The third-order valence-corrected chi connectivity index (χ3v) is 5.46. The Labute approximate surface area is 154 Å². The molecule has 3 rings (SSSR count). The monoisotopic (exact) mass is 363 g/mol. The van der Waals surface area contributed by atoms with Crippen LogP contribution in [0.3, 0.4) is 0 Å². The second kappa shape index (κ2) is 8.18. The van der Waals surface area contributed by atoms with Crippen molar-refractivity contribution in [2.75, 3.05) is 27.3 Å². The quantitative estimate of drug-likeness (QED) is 0.813. The van der Waals surface area contributed by atoms with Crippen LogP contribution in [0.1, 0.15) is 43.6 Å². The minimum atomic E-state index is -0.0972. The number of nitrogens with zero attached hydrogens (tertiary/aromatic N) is 3. The largest absolute Gasteiger partial charge is 0.481 e. The molecule has 2 N–H and O–H groups in total. The first kappa shape index (κ1) is 18.8. The van der Waals surface area contributed by atoms with Crippen LogP contribution in [0.15, 0.2) is 6.07 Å². The van der Waals surface area contributed by atoms with Crippen LogP contribution < -0.4 is 20.3 Å². The van der Waals surface area contributed by atoms with Gasteiger partial charge >= 0.3 is 6.01 Å². The molecule has 2 atom stereocenters. The maximum Gasteiger partial charge on any atom is 0.320 e. The molecule has 1 amide bonds. The minimum absolute atomic E-state index is 0.0972. The Hall–Kier alpha value is -1.93. The van der Waals surface area contributed by atoms with Crippen molar-refractivity contribution in [3.63, 3.8) is 0 Å². The zero-order valence-corrected chi connectivity index (χ0v) is 16.0. The molecule has 0 saturated carbocycles. The third kappa shape index (κ3) is 4.07. The standard InChI is InChI=1S/C18H29N5O3/c1-11(2)13-9-14(22-21-13)12-5-7-23(8-6-12)17(24)15-10-16(25-3)20-18(19-15)26-4/h10-14,21-22H,5-9H2,1-4H3. The lowest BCUT2D eigenvalue weighted by molar-refractivity contribution is 0.0665. The van der Waals surface area contributed by atoms with Gasteiger partial charge < -0.3 is 14.4 Å². The zero-order valence-electron chi connectivity index (χ0n) is 16.0. The predicted octanol–water partition coefficient (Wildman–Crippen LogP) is 1.24. The number of methoxy groups -OCH3 is 2. The average Bonchev–Trinajstić information content (AvgIpc) is 3.17. The molecule has 0 radical (unpaired) electrons. The fourth-order valence-corrected chi connectivity index (χ4v) is 3.73. The minimum Gasteiger partial charge on any atom is -0.481 e. The van der Waals surface area contributed by atoms with Gasteiger partial charge in [0.15, 0.2) is 0 Å². The first-order valence-electron chi connectivity index (χ1n) is 9.29. The Morgan fingerprint density at radius 2 is 1.92 bits per heavy atom. The molecular weight excluding hydrogens is 334 g/mol. The van der Waals surface area contributed by atoms with E-state index in [9.17, 15) is 4.79 Å². The summed E-state index contributed by atoms with van der Waals surface area (Å²) in [5.74, 6) is 1.44. The number of hydrazine groups is 1. The number of likely N-dealkylation sites (tertiary alicyclic amines) is 1. The fourth-order valence-electron chi connectivity index (χ4n) is 3.73. The van der Waals surface area contributed by atoms with Gasteiger partial charge in [-0.3, -0.25) is 15.6 Å². The van der Waals surface area contributed by atoms with Crippen molar-refractivity contribution in [1.29, 1.82) is 0 Å². The van der Waals surface area contributed by atoms with Gasteiger partial charge in [-0.2, -0.15) is 9.97 Å². The molecule has 2 fully saturated rings. The van der Waals surface area contributed by atoms with Gasteiger partial charge in [0.05, 0.1) is 14.2 Å². The summed E-state index contributed by atoms with van der Waals surface area (Å²) in [7, 11) is 2.98. The fraction of sp³-hybridized carbons (Fsp3) is 0.722. The van der Waals surface area contributed by atoms with Gasteiger partial charge in [0.2, 0.25) is 5.88 Å². The number of nitrogens with one attached hydrogen (secondary N) is 2. The van der Waals surface area contributed by atoms with Crippen LogP contribution in [0, 0.1) is 11.8 Å². The van der Waals surface area contributed by atoms with Gasteiger partial charge in [0.1, 0.15) is 5.69 Å². The van der Waals surface area contributed by atoms with Crippen LogP contribution in [0.4, 0.5) is 0 Å². The Balaban J connectivity index is 1.59. The van der Waals surface area contributed by atoms with Crippen molar-refractivity contribution in [3.8, 4) is 11.9 Å². The molecule has 8 nitrogen and oxygen atoms in total. The number of hydrogen-bond acceptors (Lipinski definition) is 7. The Bertz CT molecular complexity index is 609. The second-order valence-corrected chi connectivity index (χ2v) is 7.39. The summed E-state index contributed by atoms with van der Waals surface area (Å²) >= 11 is 0. The van der Waals surface area contributed by atoms with Gasteiger partial charge in [0.25, 0.3) is 5.91 Å². The summed E-state index contributed by atoms with van der Waals surface area (Å²) in [6.07, 6.45) is 3.14. The summed E-state index contributed by atoms with van der Waals surface area (Å²) in [5, 5.41) is 0. The highest BCUT2D eigenvalue weighted by Crippen LogP contribution is 2.27. The van der Waals surface area contributed by atoms with Gasteiger partial charge in [-0.05, 0) is 31.1 Å². The summed E-state index contributed by atoms with van der Waals surface area (Å²) in [4.78, 5) is 22.9. The number of amides is 1. The van der Waals surface area contributed by atoms with E-state index in [1.807, 2.05) is 4.90 Å². The van der Waals surface area contributed by atoms with Crippen molar-refractivity contribution < 1.29 is 14.3 Å². The molecule has 0 aromatic carbocycles. The molecule has 3 heterocycles. The smallest absolute Gasteiger partial charge is 0.320 e. The summed E-state index contributed by atoms with van der Waals surface area (Å²) in [5.41, 5.74) is 7.18. The van der Waals surface area contributed by atoms with E-state index < -0.39 is 0 Å². The summed E-state index contributed by atoms with van der Waals surface area (Å²) < 4.78 is 10.2. The highest BCUT2D eigenvalue weighted by molar-refractivity contribution is 5.92. The van der Waals surface area contributed by atoms with E-state index >= 15 is 0 Å². The predicted molar refractivity (Wildman–Crippen MR) is 97.1 cm³/mol. The first-order valence-corrected chi connectivity index (χ1v) is 9.29. The SMILES string of the molecule is COc1cc(C(=O)N2CCC(C3CC(C(C)C)NN3)CC2)nc(OC)n1. The number of rotatable bonds is 5. The lowest BCUT2D eigenvalue weighted by atomic mass is 9.85. The summed E-state index contributed by atoms with van der Waals surface area (Å²) in [6.45, 7) is 5.96. The molecule has 0 aliphatic carbocycles. The number of hydrogen-bond donors (Lipinski definition) is 2. The van der Waals surface area contributed by atoms with Crippen LogP contribution in [0.25, 0.3) is 0 Å². The Morgan fingerprint density at radius 3 is 2.50 bits per heavy atom. The van der Waals surface area contributed by atoms with Crippen molar-refractivity contribution >= 4 is 5.91 Å². The number of carbonyl (C=O) groups is 1. The van der Waals surface area contributed by atoms with Crippen molar-refractivity contribution in [3.05, 3.63) is 11.8 Å². The van der Waals surface area contributed by atoms with E-state index in [0.29, 0.717) is 35.5 Å². The first-order chi connectivity index (χ1) is 12.5. The van der Waals surface area contributed by atoms with Crippen LogP contribution in [-0.2, 0) is 0 Å². The molecule has 2 aliphatic heterocycles. The molecule has 1 aromatic rings. The van der Waals surface area contributed by atoms with Crippen molar-refractivity contribution in [2.45, 2.75) is 45.2 Å². The lowest BCUT2D eigenvalue weighted by Crippen LogP contribution is -2.45. The molecule has 2 unspecified atom stereocenters. The van der Waals surface area contributed by atoms with E-state index in [0.717, 1.165) is 32.4 Å². The molecule has 2 saturated heterocycles. The number of piperidine rings is 1. The summed E-state index contributed by atoms with van der Waals surface area (Å²) in [6, 6.07) is 2.72. The molecule has 8 heteroatoms. The lowest BCUT2D eigenvalue weighted by Gasteiger charge is -2.34. The Morgan fingerprint density at radius 1 is 1.19 bits per heavy atom. The number of ether oxygens (including phenoxy) is 2. The third-order valence-electron chi connectivity index (χ3n) is 5.46. The van der Waals surface area contributed by atoms with Crippen molar-refractivity contribution in [2.24, 2.45) is 11.8 Å². The van der Waals surface area contributed by atoms with E-state index in [4.69, 9.17) is 9.47 Å². The molecule has 26 heavy (non-hydrogen) atoms. The zero-order chi connectivity index (χ0) is 18.7. The highest BCUT2D eigenvalue weighted by atomic mass is 16.5. The molecule has 0 spiro atoms. The molecular formula is C18H29N5O3. The van der Waals surface area contributed by atoms with E-state index in [2.05, 4.69) is 34.7 Å². The molecule has 144 valence electrons. The van der Waals surface area contributed by atoms with Gasteiger partial charge in [-0.1, -0.05) is 13.8 Å². The number of carbonyl (C=O) groups excluding carboxylic acids is 1. The molecule has 2 aliphatic rings. The van der Waals surface area contributed by atoms with Gasteiger partial charge in [-0.15, -0.1) is 0 Å². The number of aromatic nitrogens is 2.